The Labute approximate surface area is 181 Å². The summed E-state index contributed by atoms with van der Waals surface area (Å²) in [6, 6.07) is 16.5. The zero-order valence-electron chi connectivity index (χ0n) is 17.2. The molecule has 3 rings (SSSR count). The molecule has 1 aromatic heterocycles. The van der Waals surface area contributed by atoms with Gasteiger partial charge in [0.25, 0.3) is 15.9 Å². The minimum Gasteiger partial charge on any atom is -0.347 e. The molecule has 6 nitrogen and oxygen atoms in total. The van der Waals surface area contributed by atoms with Gasteiger partial charge in [0.15, 0.2) is 0 Å². The van der Waals surface area contributed by atoms with E-state index < -0.39 is 15.9 Å². The monoisotopic (exact) mass is 443 g/mol. The van der Waals surface area contributed by atoms with Crippen molar-refractivity contribution in [3.05, 3.63) is 81.5 Å². The van der Waals surface area contributed by atoms with E-state index in [1.54, 1.807) is 17.5 Å². The number of thiophene rings is 1. The van der Waals surface area contributed by atoms with E-state index in [1.165, 1.54) is 11.6 Å². The first-order chi connectivity index (χ1) is 14.2. The van der Waals surface area contributed by atoms with Gasteiger partial charge >= 0.3 is 0 Å². The highest BCUT2D eigenvalue weighted by molar-refractivity contribution is 7.93. The maximum Gasteiger partial charge on any atom is 0.263 e. The number of hydrogen-bond acceptors (Lipinski definition) is 5. The third-order valence-corrected chi connectivity index (χ3v) is 6.87. The maximum atomic E-state index is 12.8. The van der Waals surface area contributed by atoms with Crippen LogP contribution in [0, 0.1) is 6.92 Å². The van der Waals surface area contributed by atoms with Crippen molar-refractivity contribution in [3.63, 3.8) is 0 Å². The summed E-state index contributed by atoms with van der Waals surface area (Å²) < 4.78 is 28.1. The second-order valence-electron chi connectivity index (χ2n) is 7.32. The first-order valence-electron chi connectivity index (χ1n) is 9.42. The van der Waals surface area contributed by atoms with Crippen LogP contribution < -0.4 is 10.0 Å². The molecule has 1 heterocycles. The summed E-state index contributed by atoms with van der Waals surface area (Å²) in [5, 5.41) is 4.42. The number of rotatable bonds is 8. The number of nitrogens with zero attached hydrogens (tertiary/aromatic N) is 1. The van der Waals surface area contributed by atoms with Gasteiger partial charge in [-0.3, -0.25) is 9.52 Å². The number of nitrogens with one attached hydrogen (secondary N) is 2. The molecule has 3 aromatic rings. The fraction of sp³-hybridized carbons (Fsp3) is 0.227. The van der Waals surface area contributed by atoms with Crippen LogP contribution in [0.25, 0.3) is 0 Å². The summed E-state index contributed by atoms with van der Waals surface area (Å²) in [5.74, 6) is -0.411. The molecule has 2 aromatic carbocycles. The number of anilines is 1. The van der Waals surface area contributed by atoms with E-state index in [-0.39, 0.29) is 9.77 Å². The predicted molar refractivity (Wildman–Crippen MR) is 121 cm³/mol. The Kier molecular flexibility index (Phi) is 6.91. The Hall–Kier alpha value is -2.68. The lowest BCUT2D eigenvalue weighted by molar-refractivity contribution is 0.0952. The Morgan fingerprint density at radius 3 is 2.23 bits per heavy atom. The topological polar surface area (TPSA) is 78.5 Å². The average Bonchev–Trinajstić information content (AvgIpc) is 3.19. The Morgan fingerprint density at radius 2 is 1.60 bits per heavy atom. The largest absolute Gasteiger partial charge is 0.347 e. The van der Waals surface area contributed by atoms with Gasteiger partial charge in [0.1, 0.15) is 9.77 Å². The molecule has 0 aliphatic heterocycles. The number of amides is 1. The van der Waals surface area contributed by atoms with Gasteiger partial charge in [0.05, 0.1) is 0 Å². The normalized spacial score (nSPS) is 11.5. The second kappa shape index (κ2) is 9.42. The molecule has 0 fully saturated rings. The molecule has 0 spiro atoms. The Bertz CT molecular complexity index is 1100. The molecule has 0 radical (unpaired) electrons. The van der Waals surface area contributed by atoms with Crippen LogP contribution in [0.15, 0.2) is 64.9 Å². The molecule has 30 heavy (non-hydrogen) atoms. The van der Waals surface area contributed by atoms with E-state index >= 15 is 0 Å². The standard InChI is InChI=1S/C22H25N3O3S2/c1-16-4-10-19(11-5-16)24-30(27,28)20-12-13-29-21(20)22(26)23-14-17-6-8-18(9-7-17)15-25(2)3/h4-13,24H,14-15H2,1-3H3,(H,23,26). The summed E-state index contributed by atoms with van der Waals surface area (Å²) in [4.78, 5) is 14.9. The third kappa shape index (κ3) is 5.69. The molecule has 0 bridgehead atoms. The van der Waals surface area contributed by atoms with E-state index in [9.17, 15) is 13.2 Å². The molecule has 1 amide bonds. The van der Waals surface area contributed by atoms with Gasteiger partial charge in [-0.15, -0.1) is 11.3 Å². The first kappa shape index (κ1) is 22.0. The van der Waals surface area contributed by atoms with Gasteiger partial charge in [-0.1, -0.05) is 42.0 Å². The van der Waals surface area contributed by atoms with E-state index in [4.69, 9.17) is 0 Å². The number of carbonyl (C=O) groups excluding carboxylic acids is 1. The van der Waals surface area contributed by atoms with E-state index in [0.29, 0.717) is 12.2 Å². The molecule has 0 saturated carbocycles. The highest BCUT2D eigenvalue weighted by Crippen LogP contribution is 2.24. The van der Waals surface area contributed by atoms with E-state index in [1.807, 2.05) is 57.4 Å². The van der Waals surface area contributed by atoms with Crippen LogP contribution in [0.2, 0.25) is 0 Å². The molecule has 0 saturated heterocycles. The number of benzene rings is 2. The predicted octanol–water partition coefficient (Wildman–Crippen LogP) is 3.85. The van der Waals surface area contributed by atoms with Crippen molar-refractivity contribution in [1.82, 2.24) is 10.2 Å². The van der Waals surface area contributed by atoms with Crippen molar-refractivity contribution in [2.24, 2.45) is 0 Å². The summed E-state index contributed by atoms with van der Waals surface area (Å²) in [7, 11) is 0.153. The third-order valence-electron chi connectivity index (χ3n) is 4.40. The molecule has 158 valence electrons. The number of sulfonamides is 1. The summed E-state index contributed by atoms with van der Waals surface area (Å²) in [5.41, 5.74) is 3.62. The molecule has 8 heteroatoms. The van der Waals surface area contributed by atoms with Crippen LogP contribution >= 0.6 is 11.3 Å². The van der Waals surface area contributed by atoms with Gasteiger partial charge in [0, 0.05) is 18.8 Å². The fourth-order valence-corrected chi connectivity index (χ4v) is 5.30. The minimum atomic E-state index is -3.86. The van der Waals surface area contributed by atoms with Crippen LogP contribution in [-0.4, -0.2) is 33.3 Å². The lowest BCUT2D eigenvalue weighted by Gasteiger charge is -2.11. The van der Waals surface area contributed by atoms with Gasteiger partial charge < -0.3 is 10.2 Å². The molecule has 0 aliphatic carbocycles. The number of carbonyl (C=O) groups is 1. The van der Waals surface area contributed by atoms with Crippen molar-refractivity contribution in [2.75, 3.05) is 18.8 Å². The van der Waals surface area contributed by atoms with Gasteiger partial charge in [-0.25, -0.2) is 8.42 Å². The molecular weight excluding hydrogens is 418 g/mol. The maximum absolute atomic E-state index is 12.8. The quantitative estimate of drug-likeness (QED) is 0.554. The SMILES string of the molecule is Cc1ccc(NS(=O)(=O)c2ccsc2C(=O)NCc2ccc(CN(C)C)cc2)cc1. The van der Waals surface area contributed by atoms with Crippen molar-refractivity contribution in [3.8, 4) is 0 Å². The first-order valence-corrected chi connectivity index (χ1v) is 11.8. The Balaban J connectivity index is 1.68. The number of hydrogen-bond donors (Lipinski definition) is 2. The van der Waals surface area contributed by atoms with Crippen LogP contribution in [-0.2, 0) is 23.1 Å². The van der Waals surface area contributed by atoms with Crippen molar-refractivity contribution in [1.29, 1.82) is 0 Å². The summed E-state index contributed by atoms with van der Waals surface area (Å²) >= 11 is 1.11. The molecule has 0 unspecified atom stereocenters. The Morgan fingerprint density at radius 1 is 0.967 bits per heavy atom. The van der Waals surface area contributed by atoms with Crippen LogP contribution in [0.4, 0.5) is 5.69 Å². The average molecular weight is 444 g/mol. The van der Waals surface area contributed by atoms with Crippen LogP contribution in [0.1, 0.15) is 26.4 Å². The minimum absolute atomic E-state index is 0.0214. The van der Waals surface area contributed by atoms with Crippen molar-refractivity contribution < 1.29 is 13.2 Å². The van der Waals surface area contributed by atoms with Gasteiger partial charge in [-0.2, -0.15) is 0 Å². The van der Waals surface area contributed by atoms with E-state index in [0.717, 1.165) is 29.0 Å². The number of aryl methyl sites for hydroxylation is 1. The zero-order chi connectivity index (χ0) is 21.7. The second-order valence-corrected chi connectivity index (χ2v) is 9.89. The zero-order valence-corrected chi connectivity index (χ0v) is 18.8. The smallest absolute Gasteiger partial charge is 0.263 e. The highest BCUT2D eigenvalue weighted by Gasteiger charge is 2.24. The molecule has 0 aliphatic rings. The summed E-state index contributed by atoms with van der Waals surface area (Å²) in [6.45, 7) is 3.09. The lowest BCUT2D eigenvalue weighted by Crippen LogP contribution is -2.24. The van der Waals surface area contributed by atoms with Crippen LogP contribution in [0.5, 0.6) is 0 Å². The van der Waals surface area contributed by atoms with Gasteiger partial charge in [0.2, 0.25) is 0 Å². The van der Waals surface area contributed by atoms with Crippen molar-refractivity contribution >= 4 is 33.0 Å². The van der Waals surface area contributed by atoms with E-state index in [2.05, 4.69) is 14.9 Å². The van der Waals surface area contributed by atoms with Gasteiger partial charge in [-0.05, 0) is 55.7 Å². The summed E-state index contributed by atoms with van der Waals surface area (Å²) in [6.07, 6.45) is 0. The van der Waals surface area contributed by atoms with Crippen LogP contribution in [0.3, 0.4) is 0 Å². The molecule has 0 atom stereocenters. The molecule has 2 N–H and O–H groups in total. The van der Waals surface area contributed by atoms with Crippen molar-refractivity contribution in [2.45, 2.75) is 24.9 Å². The fourth-order valence-electron chi connectivity index (χ4n) is 2.90. The molecular formula is C22H25N3O3S2. The lowest BCUT2D eigenvalue weighted by atomic mass is 10.1. The highest BCUT2D eigenvalue weighted by atomic mass is 32.2.